The molecule has 0 aromatic heterocycles. The minimum atomic E-state index is -3.67. The molecule has 2 aromatic rings. The lowest BCUT2D eigenvalue weighted by Gasteiger charge is -2.10. The van der Waals surface area contributed by atoms with Crippen LogP contribution in [0.1, 0.15) is 30.9 Å². The van der Waals surface area contributed by atoms with Gasteiger partial charge in [0.25, 0.3) is 0 Å². The summed E-state index contributed by atoms with van der Waals surface area (Å²) in [6.07, 6.45) is 0. The van der Waals surface area contributed by atoms with E-state index in [2.05, 4.69) is 19.2 Å². The first-order chi connectivity index (χ1) is 11.6. The molecule has 0 bridgehead atoms. The van der Waals surface area contributed by atoms with E-state index in [-0.39, 0.29) is 16.1 Å². The molecule has 3 N–H and O–H groups in total. The van der Waals surface area contributed by atoms with Crippen LogP contribution in [-0.2, 0) is 10.0 Å². The summed E-state index contributed by atoms with van der Waals surface area (Å²) in [4.78, 5) is 0.125. The number of nitrogens with two attached hydrogens (primary N) is 1. The van der Waals surface area contributed by atoms with Gasteiger partial charge in [-0.1, -0.05) is 32.0 Å². The monoisotopic (exact) mass is 362 g/mol. The fraction of sp³-hybridized carbons (Fsp3) is 0.368. The van der Waals surface area contributed by atoms with E-state index < -0.39 is 10.0 Å². The van der Waals surface area contributed by atoms with Gasteiger partial charge in [-0.25, -0.2) is 17.9 Å². The molecule has 1 saturated carbocycles. The van der Waals surface area contributed by atoms with Crippen LogP contribution in [0.5, 0.6) is 0 Å². The second-order valence-corrected chi connectivity index (χ2v) is 8.92. The molecule has 4 nitrogen and oxygen atoms in total. The maximum Gasteiger partial charge on any atom is 0.238 e. The molecule has 25 heavy (non-hydrogen) atoms. The number of hydrogen-bond donors (Lipinski definition) is 2. The van der Waals surface area contributed by atoms with Crippen molar-refractivity contribution in [3.8, 4) is 0 Å². The van der Waals surface area contributed by atoms with Gasteiger partial charge in [0.1, 0.15) is 5.82 Å². The average molecular weight is 362 g/mol. The summed E-state index contributed by atoms with van der Waals surface area (Å²) in [5.74, 6) is 0.456. The summed E-state index contributed by atoms with van der Waals surface area (Å²) in [6.45, 7) is 7.06. The second-order valence-electron chi connectivity index (χ2n) is 7.36. The zero-order chi connectivity index (χ0) is 18.4. The molecule has 0 aliphatic heterocycles. The van der Waals surface area contributed by atoms with Crippen molar-refractivity contribution in [3.05, 3.63) is 59.4 Å². The van der Waals surface area contributed by atoms with Crippen LogP contribution >= 0.6 is 0 Å². The van der Waals surface area contributed by atoms with Crippen LogP contribution in [-0.4, -0.2) is 15.0 Å². The minimum absolute atomic E-state index is 0.0946. The SMILES string of the molecule is Cc1ccc(F)cc1NC[C@@H]1[C@@H](c2ccc(S(N)(=O)=O)cc2)C1(C)C. The van der Waals surface area contributed by atoms with E-state index in [0.717, 1.165) is 23.4 Å². The van der Waals surface area contributed by atoms with Crippen LogP contribution < -0.4 is 10.5 Å². The molecule has 1 aliphatic rings. The molecule has 2 atom stereocenters. The lowest BCUT2D eigenvalue weighted by atomic mass is 10.0. The van der Waals surface area contributed by atoms with Gasteiger partial charge in [-0.2, -0.15) is 0 Å². The van der Waals surface area contributed by atoms with E-state index >= 15 is 0 Å². The van der Waals surface area contributed by atoms with E-state index in [9.17, 15) is 12.8 Å². The van der Waals surface area contributed by atoms with Gasteiger partial charge in [0, 0.05) is 12.2 Å². The number of halogens is 1. The van der Waals surface area contributed by atoms with Crippen LogP contribution in [0.3, 0.4) is 0 Å². The highest BCUT2D eigenvalue weighted by molar-refractivity contribution is 7.89. The zero-order valence-corrected chi connectivity index (χ0v) is 15.4. The van der Waals surface area contributed by atoms with E-state index in [1.165, 1.54) is 12.1 Å². The van der Waals surface area contributed by atoms with Gasteiger partial charge in [0.05, 0.1) is 4.90 Å². The Kier molecular flexibility index (Phi) is 4.37. The smallest absolute Gasteiger partial charge is 0.238 e. The van der Waals surface area contributed by atoms with E-state index in [0.29, 0.717) is 11.8 Å². The molecule has 0 spiro atoms. The van der Waals surface area contributed by atoms with Crippen LogP contribution in [0.2, 0.25) is 0 Å². The number of aryl methyl sites for hydroxylation is 1. The van der Waals surface area contributed by atoms with Crippen molar-refractivity contribution in [2.45, 2.75) is 31.6 Å². The summed E-state index contributed by atoms with van der Waals surface area (Å²) in [5.41, 5.74) is 3.01. The largest absolute Gasteiger partial charge is 0.384 e. The van der Waals surface area contributed by atoms with Crippen molar-refractivity contribution >= 4 is 15.7 Å². The molecule has 6 heteroatoms. The Bertz CT molecular complexity index is 892. The highest BCUT2D eigenvalue weighted by Gasteiger charge is 2.57. The second kappa shape index (κ2) is 6.11. The molecule has 2 aromatic carbocycles. The first kappa shape index (κ1) is 17.9. The van der Waals surface area contributed by atoms with Crippen molar-refractivity contribution < 1.29 is 12.8 Å². The quantitative estimate of drug-likeness (QED) is 0.853. The third-order valence-corrected chi connectivity index (χ3v) is 6.26. The summed E-state index contributed by atoms with van der Waals surface area (Å²) >= 11 is 0. The van der Waals surface area contributed by atoms with Crippen molar-refractivity contribution in [3.63, 3.8) is 0 Å². The molecule has 0 amide bonds. The van der Waals surface area contributed by atoms with Gasteiger partial charge in [-0.05, 0) is 59.6 Å². The number of sulfonamides is 1. The molecule has 0 radical (unpaired) electrons. The van der Waals surface area contributed by atoms with E-state index in [4.69, 9.17) is 5.14 Å². The molecule has 1 fully saturated rings. The lowest BCUT2D eigenvalue weighted by Crippen LogP contribution is -2.11. The number of primary sulfonamides is 1. The van der Waals surface area contributed by atoms with E-state index in [1.807, 2.05) is 19.1 Å². The average Bonchev–Trinajstić information content (AvgIpc) is 3.08. The normalized spacial score (nSPS) is 21.8. The lowest BCUT2D eigenvalue weighted by molar-refractivity contribution is 0.565. The maximum absolute atomic E-state index is 13.4. The van der Waals surface area contributed by atoms with Gasteiger partial charge < -0.3 is 5.32 Å². The molecular formula is C19H23FN2O2S. The van der Waals surface area contributed by atoms with Gasteiger partial charge in [-0.3, -0.25) is 0 Å². The highest BCUT2D eigenvalue weighted by atomic mass is 32.2. The number of benzene rings is 2. The zero-order valence-electron chi connectivity index (χ0n) is 14.6. The van der Waals surface area contributed by atoms with Crippen molar-refractivity contribution in [2.24, 2.45) is 16.5 Å². The van der Waals surface area contributed by atoms with Crippen molar-refractivity contribution in [1.29, 1.82) is 0 Å². The van der Waals surface area contributed by atoms with Gasteiger partial charge in [0.2, 0.25) is 10.0 Å². The first-order valence-corrected chi connectivity index (χ1v) is 9.78. The third-order valence-electron chi connectivity index (χ3n) is 5.33. The number of anilines is 1. The van der Waals surface area contributed by atoms with Gasteiger partial charge in [0.15, 0.2) is 0 Å². The Morgan fingerprint density at radius 2 is 1.80 bits per heavy atom. The fourth-order valence-electron chi connectivity index (χ4n) is 3.66. The maximum atomic E-state index is 13.4. The van der Waals surface area contributed by atoms with Gasteiger partial charge >= 0.3 is 0 Å². The molecular weight excluding hydrogens is 339 g/mol. The topological polar surface area (TPSA) is 72.2 Å². The molecule has 0 heterocycles. The standard InChI is InChI=1S/C19H23FN2O2S/c1-12-4-7-14(20)10-17(12)22-11-16-18(19(16,2)3)13-5-8-15(9-6-13)25(21,23)24/h4-10,16,18,22H,11H2,1-3H3,(H2,21,23,24)/t16-,18-/m1/s1. The Balaban J connectivity index is 1.73. The van der Waals surface area contributed by atoms with Crippen LogP contribution in [0.4, 0.5) is 10.1 Å². The Morgan fingerprint density at radius 1 is 1.16 bits per heavy atom. The molecule has 134 valence electrons. The molecule has 0 saturated heterocycles. The van der Waals surface area contributed by atoms with E-state index in [1.54, 1.807) is 18.2 Å². The molecule has 3 rings (SSSR count). The van der Waals surface area contributed by atoms with Crippen molar-refractivity contribution in [2.75, 3.05) is 11.9 Å². The Morgan fingerprint density at radius 3 is 2.40 bits per heavy atom. The number of rotatable bonds is 5. The predicted octanol–water partition coefficient (Wildman–Crippen LogP) is 3.63. The van der Waals surface area contributed by atoms with Crippen molar-refractivity contribution in [1.82, 2.24) is 0 Å². The van der Waals surface area contributed by atoms with Gasteiger partial charge in [-0.15, -0.1) is 0 Å². The Hall–Kier alpha value is -1.92. The highest BCUT2D eigenvalue weighted by Crippen LogP contribution is 2.64. The van der Waals surface area contributed by atoms with Crippen LogP contribution in [0.15, 0.2) is 47.4 Å². The first-order valence-electron chi connectivity index (χ1n) is 8.23. The van der Waals surface area contributed by atoms with Crippen LogP contribution in [0.25, 0.3) is 0 Å². The molecule has 1 aliphatic carbocycles. The van der Waals surface area contributed by atoms with Crippen LogP contribution in [0, 0.1) is 24.1 Å². The summed E-state index contributed by atoms with van der Waals surface area (Å²) in [6, 6.07) is 11.5. The fourth-order valence-corrected chi connectivity index (χ4v) is 4.17. The molecule has 0 unspecified atom stereocenters. The predicted molar refractivity (Wildman–Crippen MR) is 97.5 cm³/mol. The number of nitrogens with one attached hydrogen (secondary N) is 1. The third kappa shape index (κ3) is 3.55. The summed E-state index contributed by atoms with van der Waals surface area (Å²) < 4.78 is 36.2. The summed E-state index contributed by atoms with van der Waals surface area (Å²) in [7, 11) is -3.67. The Labute approximate surface area is 148 Å². The minimum Gasteiger partial charge on any atom is -0.384 e. The summed E-state index contributed by atoms with van der Waals surface area (Å²) in [5, 5.41) is 8.50. The number of hydrogen-bond acceptors (Lipinski definition) is 3.